The number of benzene rings is 1. The monoisotopic (exact) mass is 252 g/mol. The van der Waals surface area contributed by atoms with Gasteiger partial charge in [0.25, 0.3) is 0 Å². The molecule has 2 nitrogen and oxygen atoms in total. The van der Waals surface area contributed by atoms with Crippen molar-refractivity contribution in [3.63, 3.8) is 0 Å². The summed E-state index contributed by atoms with van der Waals surface area (Å²) in [4.78, 5) is 10.7. The smallest absolute Gasteiger partial charge is 0.337 e. The van der Waals surface area contributed by atoms with E-state index in [0.717, 1.165) is 0 Å². The predicted molar refractivity (Wildman–Crippen MR) is 57.8 cm³/mol. The van der Waals surface area contributed by atoms with Crippen LogP contribution in [0.1, 0.15) is 22.8 Å². The second kappa shape index (κ2) is 4.39. The molecule has 1 aromatic rings. The first-order valence-corrected chi connectivity index (χ1v) is 5.02. The molecule has 76 valence electrons. The standard InChI is InChI=1S/C9H7Cl3O2/c1-2-4-6(10)3-5(9(13)14)8(12)7(4)11/h3H,2H2,1H3,(H,13,14). The van der Waals surface area contributed by atoms with Gasteiger partial charge in [-0.05, 0) is 18.1 Å². The first-order valence-electron chi connectivity index (χ1n) is 3.88. The van der Waals surface area contributed by atoms with Gasteiger partial charge in [-0.25, -0.2) is 4.79 Å². The lowest BCUT2D eigenvalue weighted by Gasteiger charge is -2.08. The van der Waals surface area contributed by atoms with Crippen LogP contribution in [0.5, 0.6) is 0 Å². The second-order valence-electron chi connectivity index (χ2n) is 2.67. The lowest BCUT2D eigenvalue weighted by Crippen LogP contribution is -2.00. The average Bonchev–Trinajstić information content (AvgIpc) is 2.12. The summed E-state index contributed by atoms with van der Waals surface area (Å²) in [6.45, 7) is 1.86. The Labute approximate surface area is 96.4 Å². The summed E-state index contributed by atoms with van der Waals surface area (Å²) < 4.78 is 0. The Morgan fingerprint density at radius 3 is 2.36 bits per heavy atom. The minimum Gasteiger partial charge on any atom is -0.478 e. The summed E-state index contributed by atoms with van der Waals surface area (Å²) in [6, 6.07) is 1.32. The van der Waals surface area contributed by atoms with Gasteiger partial charge in [0.05, 0.1) is 15.6 Å². The molecule has 0 atom stereocenters. The number of hydrogen-bond donors (Lipinski definition) is 1. The number of carboxylic acid groups (broad SMARTS) is 1. The van der Waals surface area contributed by atoms with Crippen molar-refractivity contribution in [2.45, 2.75) is 13.3 Å². The maximum absolute atomic E-state index is 10.7. The third-order valence-electron chi connectivity index (χ3n) is 1.84. The molecule has 0 saturated carbocycles. The van der Waals surface area contributed by atoms with E-state index in [4.69, 9.17) is 39.9 Å². The van der Waals surface area contributed by atoms with Crippen molar-refractivity contribution in [1.29, 1.82) is 0 Å². The van der Waals surface area contributed by atoms with E-state index < -0.39 is 5.97 Å². The molecule has 0 aromatic heterocycles. The molecule has 1 N–H and O–H groups in total. The molecule has 0 saturated heterocycles. The van der Waals surface area contributed by atoms with Gasteiger partial charge in [0.2, 0.25) is 0 Å². The highest BCUT2D eigenvalue weighted by atomic mass is 35.5. The fraction of sp³-hybridized carbons (Fsp3) is 0.222. The molecular formula is C9H7Cl3O2. The Morgan fingerprint density at radius 2 is 1.93 bits per heavy atom. The average molecular weight is 254 g/mol. The Balaban J connectivity index is 3.47. The molecule has 0 bridgehead atoms. The molecule has 5 heteroatoms. The number of halogens is 3. The normalized spacial score (nSPS) is 10.3. The maximum atomic E-state index is 10.7. The van der Waals surface area contributed by atoms with Crippen LogP contribution in [-0.2, 0) is 6.42 Å². The van der Waals surface area contributed by atoms with Crippen molar-refractivity contribution in [2.24, 2.45) is 0 Å². The van der Waals surface area contributed by atoms with E-state index in [9.17, 15) is 4.79 Å². The largest absolute Gasteiger partial charge is 0.478 e. The fourth-order valence-electron chi connectivity index (χ4n) is 1.11. The van der Waals surface area contributed by atoms with Crippen LogP contribution in [0.25, 0.3) is 0 Å². The SMILES string of the molecule is CCc1c(Cl)cc(C(=O)O)c(Cl)c1Cl. The van der Waals surface area contributed by atoms with Crippen molar-refractivity contribution in [1.82, 2.24) is 0 Å². The summed E-state index contributed by atoms with van der Waals surface area (Å²) >= 11 is 17.5. The van der Waals surface area contributed by atoms with Crippen LogP contribution in [0.15, 0.2) is 6.07 Å². The zero-order valence-corrected chi connectivity index (χ0v) is 9.54. The zero-order chi connectivity index (χ0) is 10.9. The molecule has 1 aromatic carbocycles. The predicted octanol–water partition coefficient (Wildman–Crippen LogP) is 3.91. The Hall–Kier alpha value is -0.440. The number of hydrogen-bond acceptors (Lipinski definition) is 1. The number of carbonyl (C=O) groups is 1. The highest BCUT2D eigenvalue weighted by molar-refractivity contribution is 6.45. The first-order chi connectivity index (χ1) is 6.49. The van der Waals surface area contributed by atoms with E-state index in [-0.39, 0.29) is 15.6 Å². The van der Waals surface area contributed by atoms with Gasteiger partial charge in [-0.3, -0.25) is 0 Å². The molecule has 14 heavy (non-hydrogen) atoms. The molecule has 0 heterocycles. The van der Waals surface area contributed by atoms with Gasteiger partial charge in [0.1, 0.15) is 0 Å². The van der Waals surface area contributed by atoms with Crippen LogP contribution >= 0.6 is 34.8 Å². The molecular weight excluding hydrogens is 246 g/mol. The minimum atomic E-state index is -1.14. The van der Waals surface area contributed by atoms with Gasteiger partial charge in [-0.2, -0.15) is 0 Å². The number of aromatic carboxylic acids is 1. The fourth-order valence-corrected chi connectivity index (χ4v) is 2.08. The van der Waals surface area contributed by atoms with E-state index >= 15 is 0 Å². The number of carboxylic acids is 1. The van der Waals surface area contributed by atoms with E-state index in [1.807, 2.05) is 6.92 Å². The Bertz CT molecular complexity index is 388. The van der Waals surface area contributed by atoms with Crippen molar-refractivity contribution in [2.75, 3.05) is 0 Å². The van der Waals surface area contributed by atoms with Crippen molar-refractivity contribution < 1.29 is 9.90 Å². The van der Waals surface area contributed by atoms with Crippen LogP contribution in [-0.4, -0.2) is 11.1 Å². The lowest BCUT2D eigenvalue weighted by atomic mass is 10.1. The van der Waals surface area contributed by atoms with E-state index in [1.54, 1.807) is 0 Å². The van der Waals surface area contributed by atoms with Crippen LogP contribution < -0.4 is 0 Å². The van der Waals surface area contributed by atoms with Crippen molar-refractivity contribution in [3.8, 4) is 0 Å². The molecule has 0 aliphatic heterocycles. The third-order valence-corrected chi connectivity index (χ3v) is 3.08. The molecule has 0 unspecified atom stereocenters. The van der Waals surface area contributed by atoms with Gasteiger partial charge in [-0.1, -0.05) is 41.7 Å². The number of rotatable bonds is 2. The maximum Gasteiger partial charge on any atom is 0.337 e. The highest BCUT2D eigenvalue weighted by Crippen LogP contribution is 2.34. The van der Waals surface area contributed by atoms with E-state index in [2.05, 4.69) is 0 Å². The summed E-state index contributed by atoms with van der Waals surface area (Å²) in [5, 5.41) is 9.37. The van der Waals surface area contributed by atoms with Crippen LogP contribution in [0.3, 0.4) is 0 Å². The third kappa shape index (κ3) is 1.97. The van der Waals surface area contributed by atoms with E-state index in [0.29, 0.717) is 17.0 Å². The second-order valence-corrected chi connectivity index (χ2v) is 3.83. The molecule has 0 radical (unpaired) electrons. The Morgan fingerprint density at radius 1 is 1.36 bits per heavy atom. The van der Waals surface area contributed by atoms with Gasteiger partial charge < -0.3 is 5.11 Å². The molecule has 0 amide bonds. The van der Waals surface area contributed by atoms with Gasteiger partial charge in [0.15, 0.2) is 0 Å². The van der Waals surface area contributed by atoms with Crippen LogP contribution in [0, 0.1) is 0 Å². The Kier molecular flexibility index (Phi) is 3.65. The molecule has 0 aliphatic carbocycles. The summed E-state index contributed by atoms with van der Waals surface area (Å²) in [7, 11) is 0. The quantitative estimate of drug-likeness (QED) is 0.812. The molecule has 0 fully saturated rings. The van der Waals surface area contributed by atoms with E-state index in [1.165, 1.54) is 6.07 Å². The van der Waals surface area contributed by atoms with Crippen LogP contribution in [0.2, 0.25) is 15.1 Å². The van der Waals surface area contributed by atoms with Gasteiger partial charge in [-0.15, -0.1) is 0 Å². The lowest BCUT2D eigenvalue weighted by molar-refractivity contribution is 0.0697. The molecule has 0 aliphatic rings. The molecule has 1 rings (SSSR count). The summed E-state index contributed by atoms with van der Waals surface area (Å²) in [5.41, 5.74) is 0.599. The van der Waals surface area contributed by atoms with Crippen molar-refractivity contribution in [3.05, 3.63) is 32.3 Å². The summed E-state index contributed by atoms with van der Waals surface area (Å²) in [6.07, 6.45) is 0.608. The highest BCUT2D eigenvalue weighted by Gasteiger charge is 2.17. The minimum absolute atomic E-state index is 0.0421. The molecule has 0 spiro atoms. The summed E-state index contributed by atoms with van der Waals surface area (Å²) in [5.74, 6) is -1.14. The van der Waals surface area contributed by atoms with Gasteiger partial charge >= 0.3 is 5.97 Å². The zero-order valence-electron chi connectivity index (χ0n) is 7.27. The van der Waals surface area contributed by atoms with Gasteiger partial charge in [0, 0.05) is 5.02 Å². The van der Waals surface area contributed by atoms with Crippen LogP contribution in [0.4, 0.5) is 0 Å². The van der Waals surface area contributed by atoms with Crippen molar-refractivity contribution >= 4 is 40.8 Å². The topological polar surface area (TPSA) is 37.3 Å². The first kappa shape index (κ1) is 11.6.